The van der Waals surface area contributed by atoms with Crippen LogP contribution < -0.4 is 0 Å². The van der Waals surface area contributed by atoms with Gasteiger partial charge in [-0.2, -0.15) is 0 Å². The van der Waals surface area contributed by atoms with Crippen LogP contribution >= 0.6 is 23.2 Å². The van der Waals surface area contributed by atoms with Crippen molar-refractivity contribution in [1.82, 2.24) is 0 Å². The summed E-state index contributed by atoms with van der Waals surface area (Å²) in [5, 5.41) is 21.4. The Kier molecular flexibility index (Phi) is 7.21. The number of aliphatic imine (C=N–C) groups is 2. The highest BCUT2D eigenvalue weighted by atomic mass is 35.5. The summed E-state index contributed by atoms with van der Waals surface area (Å²) in [5.74, 6) is -0.362. The van der Waals surface area contributed by atoms with Crippen LogP contribution in [0.3, 0.4) is 0 Å². The molecule has 2 N–H and O–H groups in total. The van der Waals surface area contributed by atoms with Crippen LogP contribution in [-0.2, 0) is 9.84 Å². The molecular formula is C26H18Cl2N2O4S. The number of sulfone groups is 1. The summed E-state index contributed by atoms with van der Waals surface area (Å²) in [7, 11) is -4.01. The van der Waals surface area contributed by atoms with Crippen molar-refractivity contribution in [2.24, 2.45) is 9.98 Å². The molecule has 4 aromatic carbocycles. The Hall–Kier alpha value is -3.65. The molecule has 176 valence electrons. The van der Waals surface area contributed by atoms with Crippen molar-refractivity contribution in [3.8, 4) is 11.5 Å². The molecular weight excluding hydrogens is 507 g/mol. The highest BCUT2D eigenvalue weighted by Gasteiger charge is 2.20. The molecule has 0 bridgehead atoms. The number of hydrogen-bond donors (Lipinski definition) is 2. The third-order valence-corrected chi connectivity index (χ3v) is 7.14. The second kappa shape index (κ2) is 10.3. The molecule has 0 saturated carbocycles. The monoisotopic (exact) mass is 524 g/mol. The smallest absolute Gasteiger partial charge is 0.206 e. The molecule has 9 heteroatoms. The van der Waals surface area contributed by atoms with Crippen LogP contribution in [0, 0.1) is 0 Å². The van der Waals surface area contributed by atoms with Gasteiger partial charge in [-0.05, 0) is 71.8 Å². The normalized spacial score (nSPS) is 11.9. The molecule has 35 heavy (non-hydrogen) atoms. The molecule has 0 spiro atoms. The van der Waals surface area contributed by atoms with Gasteiger partial charge in [-0.15, -0.1) is 0 Å². The summed E-state index contributed by atoms with van der Waals surface area (Å²) >= 11 is 11.9. The highest BCUT2D eigenvalue weighted by molar-refractivity contribution is 7.91. The Morgan fingerprint density at radius 3 is 1.46 bits per heavy atom. The molecule has 0 atom stereocenters. The van der Waals surface area contributed by atoms with Gasteiger partial charge < -0.3 is 10.2 Å². The van der Waals surface area contributed by atoms with Crippen LogP contribution in [0.4, 0.5) is 11.4 Å². The lowest BCUT2D eigenvalue weighted by Gasteiger charge is -2.08. The second-order valence-electron chi connectivity index (χ2n) is 7.43. The van der Waals surface area contributed by atoms with Crippen LogP contribution in [0.1, 0.15) is 11.1 Å². The number of aromatic hydroxyl groups is 2. The van der Waals surface area contributed by atoms with E-state index in [1.165, 1.54) is 48.8 Å². The Labute approximate surface area is 212 Å². The molecule has 6 nitrogen and oxygen atoms in total. The molecule has 4 rings (SSSR count). The SMILES string of the molecule is O=S(=O)(c1ccc(O)c(N=Cc2cccc(Cl)c2)c1)c1ccc(O)c(N=Cc2cccc(Cl)c2)c1. The van der Waals surface area contributed by atoms with E-state index >= 15 is 0 Å². The largest absolute Gasteiger partial charge is 0.506 e. The average molecular weight is 525 g/mol. The molecule has 0 aliphatic heterocycles. The van der Waals surface area contributed by atoms with Gasteiger partial charge in [-0.1, -0.05) is 47.5 Å². The third kappa shape index (κ3) is 5.89. The minimum Gasteiger partial charge on any atom is -0.506 e. The summed E-state index contributed by atoms with van der Waals surface area (Å²) in [5.41, 5.74) is 1.52. The van der Waals surface area contributed by atoms with E-state index in [2.05, 4.69) is 9.98 Å². The minimum atomic E-state index is -4.01. The van der Waals surface area contributed by atoms with Crippen molar-refractivity contribution >= 4 is 56.8 Å². The first-order chi connectivity index (χ1) is 16.7. The van der Waals surface area contributed by atoms with E-state index in [1.807, 2.05) is 0 Å². The number of phenols is 2. The molecule has 0 saturated heterocycles. The number of phenolic OH excluding ortho intramolecular Hbond substituents is 2. The summed E-state index contributed by atoms with van der Waals surface area (Å²) < 4.78 is 26.6. The van der Waals surface area contributed by atoms with E-state index in [1.54, 1.807) is 48.5 Å². The van der Waals surface area contributed by atoms with Gasteiger partial charge in [0.2, 0.25) is 9.84 Å². The first-order valence-electron chi connectivity index (χ1n) is 10.2. The summed E-state index contributed by atoms with van der Waals surface area (Å²) in [4.78, 5) is 8.27. The predicted octanol–water partition coefficient (Wildman–Crippen LogP) is 6.74. The van der Waals surface area contributed by atoms with Crippen molar-refractivity contribution in [2.75, 3.05) is 0 Å². The Balaban J connectivity index is 1.67. The lowest BCUT2D eigenvalue weighted by Crippen LogP contribution is -2.01. The quantitative estimate of drug-likeness (QED) is 0.273. The molecule has 0 heterocycles. The predicted molar refractivity (Wildman–Crippen MR) is 139 cm³/mol. The highest BCUT2D eigenvalue weighted by Crippen LogP contribution is 2.35. The van der Waals surface area contributed by atoms with Gasteiger partial charge in [0.05, 0.1) is 9.79 Å². The fourth-order valence-electron chi connectivity index (χ4n) is 3.15. The van der Waals surface area contributed by atoms with Crippen molar-refractivity contribution < 1.29 is 18.6 Å². The minimum absolute atomic E-state index is 0.0732. The molecule has 0 radical (unpaired) electrons. The van der Waals surface area contributed by atoms with Gasteiger partial charge in [-0.3, -0.25) is 9.98 Å². The van der Waals surface area contributed by atoms with E-state index in [0.29, 0.717) is 21.2 Å². The van der Waals surface area contributed by atoms with E-state index in [0.717, 1.165) is 0 Å². The summed E-state index contributed by atoms with van der Waals surface area (Å²) in [6.07, 6.45) is 2.95. The Morgan fingerprint density at radius 1 is 0.629 bits per heavy atom. The van der Waals surface area contributed by atoms with E-state index < -0.39 is 9.84 Å². The van der Waals surface area contributed by atoms with Crippen LogP contribution in [0.15, 0.2) is 105 Å². The zero-order valence-electron chi connectivity index (χ0n) is 18.0. The number of hydrogen-bond acceptors (Lipinski definition) is 6. The number of benzene rings is 4. The molecule has 0 unspecified atom stereocenters. The molecule has 0 aliphatic carbocycles. The van der Waals surface area contributed by atoms with E-state index in [4.69, 9.17) is 23.2 Å². The first-order valence-corrected chi connectivity index (χ1v) is 12.5. The average Bonchev–Trinajstić information content (AvgIpc) is 2.83. The number of rotatable bonds is 6. The van der Waals surface area contributed by atoms with Crippen LogP contribution in [0.25, 0.3) is 0 Å². The fraction of sp³-hybridized carbons (Fsp3) is 0. The van der Waals surface area contributed by atoms with E-state index in [-0.39, 0.29) is 32.7 Å². The summed E-state index contributed by atoms with van der Waals surface area (Å²) in [6.45, 7) is 0. The molecule has 4 aromatic rings. The van der Waals surface area contributed by atoms with Gasteiger partial charge in [0.1, 0.15) is 22.9 Å². The molecule has 0 aliphatic rings. The summed E-state index contributed by atoms with van der Waals surface area (Å²) in [6, 6.07) is 21.5. The van der Waals surface area contributed by atoms with Gasteiger partial charge in [-0.25, -0.2) is 8.42 Å². The maximum absolute atomic E-state index is 13.3. The number of nitrogens with zero attached hydrogens (tertiary/aromatic N) is 2. The fourth-order valence-corrected chi connectivity index (χ4v) is 4.84. The Bertz CT molecular complexity index is 1460. The first kappa shape index (κ1) is 24.5. The molecule has 0 fully saturated rings. The van der Waals surface area contributed by atoms with Crippen molar-refractivity contribution in [3.63, 3.8) is 0 Å². The van der Waals surface area contributed by atoms with Crippen molar-refractivity contribution in [1.29, 1.82) is 0 Å². The topological polar surface area (TPSA) is 99.3 Å². The van der Waals surface area contributed by atoms with Gasteiger partial charge in [0.15, 0.2) is 0 Å². The van der Waals surface area contributed by atoms with Gasteiger partial charge >= 0.3 is 0 Å². The molecule has 0 amide bonds. The standard InChI is InChI=1S/C26H18Cl2N2O4S/c27-19-5-1-3-17(11-19)15-29-23-13-21(7-9-25(23)31)35(33,34)22-8-10-26(32)24(14-22)30-16-18-4-2-6-20(28)12-18/h1-16,31-32H. The Morgan fingerprint density at radius 2 is 1.06 bits per heavy atom. The molecule has 0 aromatic heterocycles. The van der Waals surface area contributed by atoms with E-state index in [9.17, 15) is 18.6 Å². The lowest BCUT2D eigenvalue weighted by molar-refractivity contribution is 0.476. The zero-order valence-corrected chi connectivity index (χ0v) is 20.3. The third-order valence-electron chi connectivity index (χ3n) is 4.92. The van der Waals surface area contributed by atoms with Crippen LogP contribution in [0.2, 0.25) is 10.0 Å². The zero-order chi connectivity index (χ0) is 25.0. The van der Waals surface area contributed by atoms with Crippen LogP contribution in [0.5, 0.6) is 11.5 Å². The maximum Gasteiger partial charge on any atom is 0.206 e. The second-order valence-corrected chi connectivity index (χ2v) is 10.3. The van der Waals surface area contributed by atoms with Crippen LogP contribution in [-0.4, -0.2) is 31.1 Å². The van der Waals surface area contributed by atoms with Gasteiger partial charge in [0, 0.05) is 22.5 Å². The number of halogens is 2. The van der Waals surface area contributed by atoms with Gasteiger partial charge in [0.25, 0.3) is 0 Å². The lowest BCUT2D eigenvalue weighted by atomic mass is 10.2. The van der Waals surface area contributed by atoms with Crippen molar-refractivity contribution in [2.45, 2.75) is 9.79 Å². The van der Waals surface area contributed by atoms with Crippen molar-refractivity contribution in [3.05, 3.63) is 106 Å². The maximum atomic E-state index is 13.3.